The number of allylic oxidation sites excluding steroid dienone is 1. The van der Waals surface area contributed by atoms with Crippen LogP contribution in [0.2, 0.25) is 18.1 Å². The van der Waals surface area contributed by atoms with E-state index in [0.717, 1.165) is 5.76 Å². The summed E-state index contributed by atoms with van der Waals surface area (Å²) in [6, 6.07) is 3.81. The van der Waals surface area contributed by atoms with E-state index in [0.29, 0.717) is 12.2 Å². The molecule has 1 aromatic rings. The lowest BCUT2D eigenvalue weighted by atomic mass is 9.96. The van der Waals surface area contributed by atoms with E-state index in [-0.39, 0.29) is 11.0 Å². The fraction of sp³-hybridized carbons (Fsp3) is 0.550. The van der Waals surface area contributed by atoms with Gasteiger partial charge in [-0.25, -0.2) is 4.79 Å². The van der Waals surface area contributed by atoms with Crippen LogP contribution in [-0.2, 0) is 18.7 Å². The standard InChI is InChI=1S/C20H30O5Si/c1-19(2,3)26(6,7)25-20(11-10-18(21)23-5)14-15(13-17(20)22-4)16-9-8-12-24-16/h8-13,15H,14H2,1-7H3/b11-10+/t15-,20+/m1/s1. The molecule has 1 heterocycles. The third-order valence-corrected chi connectivity index (χ3v) is 9.84. The van der Waals surface area contributed by atoms with Crippen LogP contribution in [-0.4, -0.2) is 34.1 Å². The number of esters is 1. The highest BCUT2D eigenvalue weighted by molar-refractivity contribution is 6.74. The van der Waals surface area contributed by atoms with E-state index in [1.165, 1.54) is 13.2 Å². The minimum Gasteiger partial charge on any atom is -0.498 e. The molecule has 5 nitrogen and oxygen atoms in total. The highest BCUT2D eigenvalue weighted by atomic mass is 28.4. The van der Waals surface area contributed by atoms with Gasteiger partial charge in [-0.05, 0) is 48.8 Å². The number of ether oxygens (including phenoxy) is 2. The third-order valence-electron chi connectivity index (χ3n) is 5.35. The molecule has 0 saturated carbocycles. The van der Waals surface area contributed by atoms with Crippen molar-refractivity contribution in [2.75, 3.05) is 14.2 Å². The maximum atomic E-state index is 11.7. The van der Waals surface area contributed by atoms with Crippen molar-refractivity contribution in [3.8, 4) is 0 Å². The molecule has 0 amide bonds. The summed E-state index contributed by atoms with van der Waals surface area (Å²) in [6.45, 7) is 10.9. The summed E-state index contributed by atoms with van der Waals surface area (Å²) in [6.07, 6.45) is 7.49. The SMILES string of the molecule is COC(=O)/C=C/[C@]1(O[Si](C)(C)C(C)(C)C)C[C@H](c2ccco2)C=C1OC. The van der Waals surface area contributed by atoms with E-state index in [1.807, 2.05) is 18.2 Å². The van der Waals surface area contributed by atoms with E-state index in [9.17, 15) is 4.79 Å². The zero-order chi connectivity index (χ0) is 19.6. The van der Waals surface area contributed by atoms with Gasteiger partial charge in [0.2, 0.25) is 0 Å². The Morgan fingerprint density at radius 3 is 2.54 bits per heavy atom. The van der Waals surface area contributed by atoms with E-state index in [2.05, 4.69) is 33.9 Å². The largest absolute Gasteiger partial charge is 0.498 e. The molecule has 2 rings (SSSR count). The number of carbonyl (C=O) groups excluding carboxylic acids is 1. The molecule has 144 valence electrons. The Bertz CT molecular complexity index is 682. The summed E-state index contributed by atoms with van der Waals surface area (Å²) in [7, 11) is 0.842. The summed E-state index contributed by atoms with van der Waals surface area (Å²) in [5.41, 5.74) is -0.816. The smallest absolute Gasteiger partial charge is 0.330 e. The molecule has 0 unspecified atom stereocenters. The van der Waals surface area contributed by atoms with Crippen molar-refractivity contribution in [2.45, 2.75) is 56.8 Å². The second-order valence-electron chi connectivity index (χ2n) is 8.17. The highest BCUT2D eigenvalue weighted by Gasteiger charge is 2.50. The quantitative estimate of drug-likeness (QED) is 0.405. The molecule has 0 fully saturated rings. The number of hydrogen-bond donors (Lipinski definition) is 0. The first kappa shape index (κ1) is 20.5. The van der Waals surface area contributed by atoms with Crippen LogP contribution in [0.1, 0.15) is 38.9 Å². The van der Waals surface area contributed by atoms with Crippen LogP contribution in [0.5, 0.6) is 0 Å². The van der Waals surface area contributed by atoms with Crippen LogP contribution < -0.4 is 0 Å². The van der Waals surface area contributed by atoms with Gasteiger partial charge < -0.3 is 18.3 Å². The Hall–Kier alpha value is -1.79. The summed E-state index contributed by atoms with van der Waals surface area (Å²) < 4.78 is 22.8. The Kier molecular flexibility index (Phi) is 5.88. The molecule has 0 aliphatic heterocycles. The molecule has 0 aromatic carbocycles. The van der Waals surface area contributed by atoms with Crippen LogP contribution in [0.3, 0.4) is 0 Å². The van der Waals surface area contributed by atoms with Gasteiger partial charge in [0.15, 0.2) is 8.32 Å². The molecule has 1 aliphatic carbocycles. The van der Waals surface area contributed by atoms with Gasteiger partial charge in [-0.15, -0.1) is 0 Å². The molecule has 0 N–H and O–H groups in total. The predicted molar refractivity (Wildman–Crippen MR) is 103 cm³/mol. The zero-order valence-electron chi connectivity index (χ0n) is 16.8. The monoisotopic (exact) mass is 378 g/mol. The number of methoxy groups -OCH3 is 2. The fourth-order valence-electron chi connectivity index (χ4n) is 2.89. The summed E-state index contributed by atoms with van der Waals surface area (Å²) in [4.78, 5) is 11.7. The van der Waals surface area contributed by atoms with Crippen molar-refractivity contribution in [1.29, 1.82) is 0 Å². The average Bonchev–Trinajstić information content (AvgIpc) is 3.19. The molecular formula is C20H30O5Si. The summed E-state index contributed by atoms with van der Waals surface area (Å²) in [5.74, 6) is 1.16. The van der Waals surface area contributed by atoms with Crippen molar-refractivity contribution < 1.29 is 23.1 Å². The van der Waals surface area contributed by atoms with Crippen LogP contribution >= 0.6 is 0 Å². The molecule has 26 heavy (non-hydrogen) atoms. The molecule has 6 heteroatoms. The van der Waals surface area contributed by atoms with Gasteiger partial charge in [0.25, 0.3) is 0 Å². The van der Waals surface area contributed by atoms with Crippen LogP contribution in [0.15, 0.2) is 46.8 Å². The Morgan fingerprint density at radius 2 is 2.04 bits per heavy atom. The first-order valence-corrected chi connectivity index (χ1v) is 11.7. The lowest BCUT2D eigenvalue weighted by Crippen LogP contribution is -2.49. The third kappa shape index (κ3) is 4.12. The van der Waals surface area contributed by atoms with E-state index < -0.39 is 19.9 Å². The van der Waals surface area contributed by atoms with Gasteiger partial charge in [0, 0.05) is 12.0 Å². The van der Waals surface area contributed by atoms with E-state index in [1.54, 1.807) is 19.4 Å². The van der Waals surface area contributed by atoms with Gasteiger partial charge in [-0.1, -0.05) is 20.8 Å². The van der Waals surface area contributed by atoms with Crippen LogP contribution in [0.4, 0.5) is 0 Å². The second kappa shape index (κ2) is 7.45. The van der Waals surface area contributed by atoms with Gasteiger partial charge >= 0.3 is 5.97 Å². The molecule has 0 spiro atoms. The summed E-state index contributed by atoms with van der Waals surface area (Å²) in [5, 5.41) is 0.0146. The minimum atomic E-state index is -2.15. The van der Waals surface area contributed by atoms with Gasteiger partial charge in [0.1, 0.15) is 17.1 Å². The Morgan fingerprint density at radius 1 is 1.35 bits per heavy atom. The topological polar surface area (TPSA) is 57.9 Å². The zero-order valence-corrected chi connectivity index (χ0v) is 17.8. The highest BCUT2D eigenvalue weighted by Crippen LogP contribution is 2.48. The molecular weight excluding hydrogens is 348 g/mol. The van der Waals surface area contributed by atoms with E-state index in [4.69, 9.17) is 18.3 Å². The molecule has 0 radical (unpaired) electrons. The molecule has 1 aliphatic rings. The van der Waals surface area contributed by atoms with Crippen molar-refractivity contribution in [3.05, 3.63) is 48.1 Å². The Labute approximate surface area is 157 Å². The van der Waals surface area contributed by atoms with Crippen molar-refractivity contribution >= 4 is 14.3 Å². The molecule has 0 saturated heterocycles. The lowest BCUT2D eigenvalue weighted by molar-refractivity contribution is -0.134. The summed E-state index contributed by atoms with van der Waals surface area (Å²) >= 11 is 0. The van der Waals surface area contributed by atoms with Gasteiger partial charge in [-0.3, -0.25) is 0 Å². The number of carbonyl (C=O) groups is 1. The van der Waals surface area contributed by atoms with Crippen molar-refractivity contribution in [2.24, 2.45) is 0 Å². The second-order valence-corrected chi connectivity index (χ2v) is 12.9. The van der Waals surface area contributed by atoms with Gasteiger partial charge in [-0.2, -0.15) is 0 Å². The maximum absolute atomic E-state index is 11.7. The fourth-order valence-corrected chi connectivity index (χ4v) is 4.36. The minimum absolute atomic E-state index is 0.0146. The van der Waals surface area contributed by atoms with E-state index >= 15 is 0 Å². The lowest BCUT2D eigenvalue weighted by Gasteiger charge is -2.43. The normalized spacial score (nSPS) is 24.0. The Balaban J connectivity index is 2.45. The molecule has 1 aromatic heterocycles. The van der Waals surface area contributed by atoms with Gasteiger partial charge in [0.05, 0.1) is 20.5 Å². The number of hydrogen-bond acceptors (Lipinski definition) is 5. The number of furan rings is 1. The number of rotatable bonds is 6. The first-order chi connectivity index (χ1) is 12.0. The molecule has 0 bridgehead atoms. The first-order valence-electron chi connectivity index (χ1n) is 8.82. The van der Waals surface area contributed by atoms with Crippen molar-refractivity contribution in [3.63, 3.8) is 0 Å². The van der Waals surface area contributed by atoms with Crippen LogP contribution in [0.25, 0.3) is 0 Å². The van der Waals surface area contributed by atoms with Crippen LogP contribution in [0, 0.1) is 0 Å². The average molecular weight is 379 g/mol. The van der Waals surface area contributed by atoms with Crippen molar-refractivity contribution in [1.82, 2.24) is 0 Å². The predicted octanol–water partition coefficient (Wildman–Crippen LogP) is 4.79. The molecule has 2 atom stereocenters. The maximum Gasteiger partial charge on any atom is 0.330 e.